The molecule has 1 fully saturated rings. The number of hydrogen-bond acceptors (Lipinski definition) is 6. The summed E-state index contributed by atoms with van der Waals surface area (Å²) in [5.74, 6) is -0.282. The van der Waals surface area contributed by atoms with Gasteiger partial charge in [-0.1, -0.05) is 0 Å². The van der Waals surface area contributed by atoms with Gasteiger partial charge < -0.3 is 10.1 Å². The Morgan fingerprint density at radius 2 is 1.84 bits per heavy atom. The van der Waals surface area contributed by atoms with E-state index in [9.17, 15) is 13.2 Å². The number of carbonyl (C=O) groups excluding carboxylic acids is 1. The maximum atomic E-state index is 12.7. The van der Waals surface area contributed by atoms with E-state index in [1.165, 1.54) is 28.6 Å². The third kappa shape index (κ3) is 4.96. The Labute approximate surface area is 181 Å². The highest BCUT2D eigenvalue weighted by Crippen LogP contribution is 2.18. The fourth-order valence-electron chi connectivity index (χ4n) is 3.26. The molecule has 1 amide bonds. The second-order valence-electron chi connectivity index (χ2n) is 7.01. The molecule has 0 unspecified atom stereocenters. The van der Waals surface area contributed by atoms with Crippen LogP contribution >= 0.6 is 0 Å². The summed E-state index contributed by atoms with van der Waals surface area (Å²) in [7, 11) is -3.58. The van der Waals surface area contributed by atoms with Crippen LogP contribution in [0.15, 0.2) is 72.0 Å². The van der Waals surface area contributed by atoms with Crippen LogP contribution in [0.2, 0.25) is 0 Å². The number of hydrogen-bond donors (Lipinski definition) is 1. The normalized spacial score (nSPS) is 14.8. The molecule has 1 saturated heterocycles. The molecule has 1 aliphatic heterocycles. The van der Waals surface area contributed by atoms with Crippen molar-refractivity contribution in [3.8, 4) is 11.3 Å². The molecular weight excluding hydrogens is 416 g/mol. The van der Waals surface area contributed by atoms with Gasteiger partial charge in [0.05, 0.1) is 23.8 Å². The van der Waals surface area contributed by atoms with Gasteiger partial charge in [0, 0.05) is 49.4 Å². The highest BCUT2D eigenvalue weighted by atomic mass is 32.2. The molecule has 31 heavy (non-hydrogen) atoms. The van der Waals surface area contributed by atoms with Gasteiger partial charge >= 0.3 is 0 Å². The monoisotopic (exact) mass is 438 g/mol. The van der Waals surface area contributed by atoms with Gasteiger partial charge in [-0.15, -0.1) is 0 Å². The molecule has 3 aromatic rings. The van der Waals surface area contributed by atoms with E-state index in [1.54, 1.807) is 18.6 Å². The summed E-state index contributed by atoms with van der Waals surface area (Å²) < 4.78 is 32.0. The minimum Gasteiger partial charge on any atom is -0.379 e. The summed E-state index contributed by atoms with van der Waals surface area (Å²) in [6.45, 7) is 1.76. The van der Waals surface area contributed by atoms with E-state index in [1.807, 2.05) is 24.3 Å². The van der Waals surface area contributed by atoms with Gasteiger partial charge in [-0.25, -0.2) is 8.42 Å². The number of aromatic nitrogens is 2. The minimum atomic E-state index is -3.58. The SMILES string of the molecule is O=C(NCc1ccnc(-c2cccnc2)c1)c1ccc(S(=O)(=O)N2CCOCC2)cc1. The van der Waals surface area contributed by atoms with Crippen molar-refractivity contribution in [1.29, 1.82) is 0 Å². The zero-order valence-electron chi connectivity index (χ0n) is 16.8. The predicted molar refractivity (Wildman–Crippen MR) is 115 cm³/mol. The first kappa shape index (κ1) is 21.1. The number of sulfonamides is 1. The van der Waals surface area contributed by atoms with Crippen LogP contribution in [0, 0.1) is 0 Å². The molecule has 0 radical (unpaired) electrons. The van der Waals surface area contributed by atoms with Crippen molar-refractivity contribution in [1.82, 2.24) is 19.6 Å². The molecule has 1 N–H and O–H groups in total. The number of carbonyl (C=O) groups is 1. The Bertz CT molecular complexity index is 1150. The van der Waals surface area contributed by atoms with Gasteiger partial charge in [-0.2, -0.15) is 4.31 Å². The van der Waals surface area contributed by atoms with Gasteiger partial charge in [0.25, 0.3) is 5.91 Å². The van der Waals surface area contributed by atoms with E-state index in [4.69, 9.17) is 4.74 Å². The average Bonchev–Trinajstić information content (AvgIpc) is 2.84. The minimum absolute atomic E-state index is 0.168. The first-order valence-corrected chi connectivity index (χ1v) is 11.3. The molecule has 1 aromatic carbocycles. The molecule has 0 aliphatic carbocycles. The Balaban J connectivity index is 1.40. The summed E-state index contributed by atoms with van der Waals surface area (Å²) in [5.41, 5.74) is 2.96. The van der Waals surface area contributed by atoms with Crippen molar-refractivity contribution in [2.24, 2.45) is 0 Å². The second-order valence-corrected chi connectivity index (χ2v) is 8.95. The van der Waals surface area contributed by atoms with E-state index in [-0.39, 0.29) is 10.8 Å². The lowest BCUT2D eigenvalue weighted by Crippen LogP contribution is -2.40. The highest BCUT2D eigenvalue weighted by molar-refractivity contribution is 7.89. The lowest BCUT2D eigenvalue weighted by molar-refractivity contribution is 0.0730. The molecular formula is C22H22N4O4S. The summed E-state index contributed by atoms with van der Waals surface area (Å²) in [5, 5.41) is 2.86. The predicted octanol–water partition coefficient (Wildman–Crippen LogP) is 2.09. The average molecular weight is 439 g/mol. The van der Waals surface area contributed by atoms with Gasteiger partial charge in [-0.05, 0) is 54.1 Å². The maximum absolute atomic E-state index is 12.7. The molecule has 0 bridgehead atoms. The van der Waals surface area contributed by atoms with Crippen molar-refractivity contribution in [2.45, 2.75) is 11.4 Å². The topological polar surface area (TPSA) is 101 Å². The number of rotatable bonds is 6. The number of amides is 1. The van der Waals surface area contributed by atoms with Crippen LogP contribution in [0.3, 0.4) is 0 Å². The van der Waals surface area contributed by atoms with Crippen molar-refractivity contribution < 1.29 is 17.9 Å². The molecule has 2 aromatic heterocycles. The van der Waals surface area contributed by atoms with Crippen LogP contribution < -0.4 is 5.32 Å². The van der Waals surface area contributed by atoms with E-state index in [2.05, 4.69) is 15.3 Å². The van der Waals surface area contributed by atoms with Crippen LogP contribution in [-0.2, 0) is 21.3 Å². The number of morpholine rings is 1. The quantitative estimate of drug-likeness (QED) is 0.632. The van der Waals surface area contributed by atoms with Crippen molar-refractivity contribution in [2.75, 3.05) is 26.3 Å². The Morgan fingerprint density at radius 1 is 1.06 bits per heavy atom. The lowest BCUT2D eigenvalue weighted by atomic mass is 10.1. The van der Waals surface area contributed by atoms with Gasteiger partial charge in [0.15, 0.2) is 0 Å². The third-order valence-corrected chi connectivity index (χ3v) is 6.87. The molecule has 8 nitrogen and oxygen atoms in total. The summed E-state index contributed by atoms with van der Waals surface area (Å²) in [4.78, 5) is 21.1. The van der Waals surface area contributed by atoms with Gasteiger partial charge in [0.2, 0.25) is 10.0 Å². The van der Waals surface area contributed by atoms with Crippen LogP contribution in [0.1, 0.15) is 15.9 Å². The Kier molecular flexibility index (Phi) is 6.36. The van der Waals surface area contributed by atoms with Crippen molar-refractivity contribution in [3.05, 3.63) is 78.2 Å². The number of nitrogens with zero attached hydrogens (tertiary/aromatic N) is 3. The van der Waals surface area contributed by atoms with E-state index >= 15 is 0 Å². The van der Waals surface area contributed by atoms with E-state index in [0.717, 1.165) is 16.8 Å². The van der Waals surface area contributed by atoms with Crippen LogP contribution in [-0.4, -0.2) is 54.9 Å². The molecule has 0 atom stereocenters. The molecule has 9 heteroatoms. The highest BCUT2D eigenvalue weighted by Gasteiger charge is 2.26. The second kappa shape index (κ2) is 9.34. The number of pyridine rings is 2. The van der Waals surface area contributed by atoms with Crippen molar-refractivity contribution in [3.63, 3.8) is 0 Å². The molecule has 1 aliphatic rings. The standard InChI is InChI=1S/C22H22N4O4S/c27-22(25-15-17-7-9-24-21(14-17)19-2-1-8-23-16-19)18-3-5-20(6-4-18)31(28,29)26-10-12-30-13-11-26/h1-9,14,16H,10-13,15H2,(H,25,27). The largest absolute Gasteiger partial charge is 0.379 e. The van der Waals surface area contributed by atoms with Gasteiger partial charge in [-0.3, -0.25) is 14.8 Å². The fraction of sp³-hybridized carbons (Fsp3) is 0.227. The first-order valence-electron chi connectivity index (χ1n) is 9.85. The molecule has 0 saturated carbocycles. The zero-order chi connectivity index (χ0) is 21.7. The summed E-state index contributed by atoms with van der Waals surface area (Å²) in [6, 6.07) is 13.5. The summed E-state index contributed by atoms with van der Waals surface area (Å²) >= 11 is 0. The number of ether oxygens (including phenoxy) is 1. The maximum Gasteiger partial charge on any atom is 0.251 e. The molecule has 160 valence electrons. The number of nitrogens with one attached hydrogen (secondary N) is 1. The van der Waals surface area contributed by atoms with E-state index < -0.39 is 10.0 Å². The molecule has 0 spiro atoms. The lowest BCUT2D eigenvalue weighted by Gasteiger charge is -2.26. The van der Waals surface area contributed by atoms with E-state index in [0.29, 0.717) is 38.4 Å². The molecule has 3 heterocycles. The Morgan fingerprint density at radius 3 is 2.55 bits per heavy atom. The first-order chi connectivity index (χ1) is 15.0. The van der Waals surface area contributed by atoms with Crippen LogP contribution in [0.4, 0.5) is 0 Å². The molecule has 4 rings (SSSR count). The number of benzene rings is 1. The van der Waals surface area contributed by atoms with Crippen molar-refractivity contribution >= 4 is 15.9 Å². The fourth-order valence-corrected chi connectivity index (χ4v) is 4.66. The summed E-state index contributed by atoms with van der Waals surface area (Å²) in [6.07, 6.45) is 5.12. The smallest absolute Gasteiger partial charge is 0.251 e. The van der Waals surface area contributed by atoms with Crippen LogP contribution in [0.5, 0.6) is 0 Å². The van der Waals surface area contributed by atoms with Crippen LogP contribution in [0.25, 0.3) is 11.3 Å². The zero-order valence-corrected chi connectivity index (χ0v) is 17.6. The van der Waals surface area contributed by atoms with Gasteiger partial charge in [0.1, 0.15) is 0 Å². The Hall–Kier alpha value is -3.14. The third-order valence-electron chi connectivity index (χ3n) is 4.96.